The summed E-state index contributed by atoms with van der Waals surface area (Å²) in [6, 6.07) is 2.46. The second kappa shape index (κ2) is 8.80. The van der Waals surface area contributed by atoms with Gasteiger partial charge < -0.3 is 10.1 Å². The molecule has 0 saturated heterocycles. The van der Waals surface area contributed by atoms with Gasteiger partial charge >= 0.3 is 18.0 Å². The number of rotatable bonds is 5. The van der Waals surface area contributed by atoms with Crippen LogP contribution in [0.25, 0.3) is 0 Å². The fourth-order valence-corrected chi connectivity index (χ4v) is 3.07. The summed E-state index contributed by atoms with van der Waals surface area (Å²) in [6.45, 7) is 8.27. The average molecular weight is 404 g/mol. The molecule has 1 N–H and O–H groups in total. The van der Waals surface area contributed by atoms with E-state index in [0.717, 1.165) is 4.90 Å². The number of hydrogen-bond donors (Lipinski definition) is 1. The van der Waals surface area contributed by atoms with Gasteiger partial charge in [-0.25, -0.2) is 19.5 Å². The highest BCUT2D eigenvalue weighted by molar-refractivity contribution is 6.11. The predicted octanol–water partition coefficient (Wildman–Crippen LogP) is 3.22. The molecule has 0 spiro atoms. The molecule has 0 saturated carbocycles. The minimum absolute atomic E-state index is 0.172. The van der Waals surface area contributed by atoms with Crippen LogP contribution in [-0.2, 0) is 9.53 Å². The maximum Gasteiger partial charge on any atom is 0.352 e. The van der Waals surface area contributed by atoms with Crippen molar-refractivity contribution < 1.29 is 24.0 Å². The molecule has 4 amide bonds. The zero-order valence-electron chi connectivity index (χ0n) is 16.9. The lowest BCUT2D eigenvalue weighted by Crippen LogP contribution is -2.54. The van der Waals surface area contributed by atoms with Gasteiger partial charge in [-0.2, -0.15) is 0 Å². The van der Waals surface area contributed by atoms with Gasteiger partial charge in [0.1, 0.15) is 5.92 Å². The number of nitrogens with one attached hydrogen (secondary N) is 1. The van der Waals surface area contributed by atoms with Crippen LogP contribution in [0.3, 0.4) is 0 Å². The molecule has 0 bridgehead atoms. The maximum atomic E-state index is 12.8. The molecule has 2 unspecified atom stereocenters. The molecule has 1 aliphatic rings. The van der Waals surface area contributed by atoms with Crippen LogP contribution in [0.5, 0.6) is 0 Å². The van der Waals surface area contributed by atoms with Crippen LogP contribution in [0.1, 0.15) is 46.2 Å². The van der Waals surface area contributed by atoms with E-state index >= 15 is 0 Å². The summed E-state index contributed by atoms with van der Waals surface area (Å²) in [5.74, 6) is -1.76. The number of amides is 4. The third kappa shape index (κ3) is 4.95. The number of benzene rings is 1. The van der Waals surface area contributed by atoms with Crippen molar-refractivity contribution in [1.29, 1.82) is 0 Å². The maximum absolute atomic E-state index is 12.8. The van der Waals surface area contributed by atoms with E-state index in [1.54, 1.807) is 27.7 Å². The largest absolute Gasteiger partial charge is 0.462 e. The highest BCUT2D eigenvalue weighted by Crippen LogP contribution is 2.36. The first kappa shape index (κ1) is 22.0. The summed E-state index contributed by atoms with van der Waals surface area (Å²) in [4.78, 5) is 53.5. The Hall–Kier alpha value is -3.30. The Kier molecular flexibility index (Phi) is 6.68. The van der Waals surface area contributed by atoms with Crippen molar-refractivity contribution in [3.05, 3.63) is 39.9 Å². The van der Waals surface area contributed by atoms with E-state index in [-0.39, 0.29) is 23.0 Å². The van der Waals surface area contributed by atoms with Gasteiger partial charge in [0.15, 0.2) is 0 Å². The monoisotopic (exact) mass is 404 g/mol. The van der Waals surface area contributed by atoms with Gasteiger partial charge in [0, 0.05) is 23.9 Å². The molecule has 1 aromatic carbocycles. The van der Waals surface area contributed by atoms with Gasteiger partial charge in [-0.05, 0) is 40.2 Å². The minimum atomic E-state index is -1.13. The number of carbonyl (C=O) groups excluding carboxylic acids is 3. The summed E-state index contributed by atoms with van der Waals surface area (Å²) in [5.41, 5.74) is 0.201. The molecule has 1 aromatic rings. The number of aliphatic imine (C=N–C) groups is 1. The smallest absolute Gasteiger partial charge is 0.352 e. The topological polar surface area (TPSA) is 131 Å². The quantitative estimate of drug-likeness (QED) is 0.455. The van der Waals surface area contributed by atoms with Crippen molar-refractivity contribution in [1.82, 2.24) is 10.2 Å². The van der Waals surface area contributed by atoms with E-state index in [4.69, 9.17) is 4.74 Å². The van der Waals surface area contributed by atoms with Crippen LogP contribution in [0.15, 0.2) is 29.3 Å². The molecule has 0 fully saturated rings. The van der Waals surface area contributed by atoms with Crippen molar-refractivity contribution in [2.24, 2.45) is 10.9 Å². The average Bonchev–Trinajstić information content (AvgIpc) is 2.59. The Morgan fingerprint density at radius 3 is 2.48 bits per heavy atom. The molecule has 2 rings (SSSR count). The molecule has 1 aliphatic heterocycles. The predicted molar refractivity (Wildman–Crippen MR) is 105 cm³/mol. The van der Waals surface area contributed by atoms with Crippen LogP contribution in [0, 0.1) is 16.0 Å². The third-order valence-corrected chi connectivity index (χ3v) is 4.18. The van der Waals surface area contributed by atoms with Crippen LogP contribution in [0.4, 0.5) is 15.3 Å². The van der Waals surface area contributed by atoms with Crippen LogP contribution < -0.4 is 5.32 Å². The number of ether oxygens (including phenoxy) is 1. The summed E-state index contributed by atoms with van der Waals surface area (Å²) < 4.78 is 5.31. The highest BCUT2D eigenvalue weighted by Gasteiger charge is 2.46. The zero-order chi connectivity index (χ0) is 21.9. The minimum Gasteiger partial charge on any atom is -0.462 e. The molecule has 0 aromatic heterocycles. The Bertz CT molecular complexity index is 864. The van der Waals surface area contributed by atoms with Gasteiger partial charge in [0.2, 0.25) is 0 Å². The summed E-state index contributed by atoms with van der Waals surface area (Å²) in [5, 5.41) is 13.8. The van der Waals surface area contributed by atoms with Crippen LogP contribution >= 0.6 is 0 Å². The molecule has 0 radical (unpaired) electrons. The standard InChI is InChI=1S/C19H24N4O6/c1-10(2)20-18(25)22-16(13-7-6-8-14(9-13)23(27)28)15(12(5)21-19(22)26)17(24)29-11(3)4/h6-11,15-16H,1-5H3,(H,20,25). The lowest BCUT2D eigenvalue weighted by Gasteiger charge is -2.37. The van der Waals surface area contributed by atoms with Crippen molar-refractivity contribution >= 4 is 29.4 Å². The molecule has 0 aliphatic carbocycles. The van der Waals surface area contributed by atoms with E-state index in [2.05, 4.69) is 10.3 Å². The van der Waals surface area contributed by atoms with Crippen LogP contribution in [0.2, 0.25) is 0 Å². The Labute approximate surface area is 168 Å². The Balaban J connectivity index is 2.64. The second-order valence-electron chi connectivity index (χ2n) is 7.27. The third-order valence-electron chi connectivity index (χ3n) is 4.18. The number of urea groups is 2. The number of non-ortho nitro benzene ring substituents is 1. The fraction of sp³-hybridized carbons (Fsp3) is 0.474. The second-order valence-corrected chi connectivity index (χ2v) is 7.27. The van der Waals surface area contributed by atoms with Crippen molar-refractivity contribution in [3.63, 3.8) is 0 Å². The first-order valence-electron chi connectivity index (χ1n) is 9.16. The van der Waals surface area contributed by atoms with Crippen molar-refractivity contribution in [3.8, 4) is 0 Å². The number of carbonyl (C=O) groups is 3. The molecule has 10 heteroatoms. The number of esters is 1. The van der Waals surface area contributed by atoms with E-state index in [0.29, 0.717) is 0 Å². The highest BCUT2D eigenvalue weighted by atomic mass is 16.6. The lowest BCUT2D eigenvalue weighted by molar-refractivity contribution is -0.385. The first-order chi connectivity index (χ1) is 13.5. The van der Waals surface area contributed by atoms with Gasteiger partial charge in [-0.3, -0.25) is 14.9 Å². The summed E-state index contributed by atoms with van der Waals surface area (Å²) >= 11 is 0. The fourth-order valence-electron chi connectivity index (χ4n) is 3.07. The molecule has 1 heterocycles. The van der Waals surface area contributed by atoms with Gasteiger partial charge in [-0.15, -0.1) is 0 Å². The van der Waals surface area contributed by atoms with Crippen LogP contribution in [-0.4, -0.2) is 45.7 Å². The number of hydrogen-bond acceptors (Lipinski definition) is 6. The van der Waals surface area contributed by atoms with E-state index < -0.39 is 41.0 Å². The molecular formula is C19H24N4O6. The normalized spacial score (nSPS) is 19.2. The molecule has 29 heavy (non-hydrogen) atoms. The number of nitro benzene ring substituents is 1. The Morgan fingerprint density at radius 1 is 1.28 bits per heavy atom. The number of nitro groups is 1. The lowest BCUT2D eigenvalue weighted by atomic mass is 9.86. The van der Waals surface area contributed by atoms with E-state index in [1.807, 2.05) is 0 Å². The van der Waals surface area contributed by atoms with Gasteiger partial charge in [-0.1, -0.05) is 12.1 Å². The van der Waals surface area contributed by atoms with E-state index in [1.165, 1.54) is 31.2 Å². The number of imide groups is 1. The zero-order valence-corrected chi connectivity index (χ0v) is 16.9. The SMILES string of the molecule is CC1=NC(=O)N(C(=O)NC(C)C)C(c2cccc([N+](=O)[O-])c2)C1C(=O)OC(C)C. The van der Waals surface area contributed by atoms with Gasteiger partial charge in [0.25, 0.3) is 5.69 Å². The van der Waals surface area contributed by atoms with Gasteiger partial charge in [0.05, 0.1) is 17.1 Å². The summed E-state index contributed by atoms with van der Waals surface area (Å²) in [7, 11) is 0. The molecule has 10 nitrogen and oxygen atoms in total. The van der Waals surface area contributed by atoms with Crippen molar-refractivity contribution in [2.45, 2.75) is 52.8 Å². The number of nitrogens with zero attached hydrogens (tertiary/aromatic N) is 3. The van der Waals surface area contributed by atoms with Crippen molar-refractivity contribution in [2.75, 3.05) is 0 Å². The molecular weight excluding hydrogens is 380 g/mol. The summed E-state index contributed by atoms with van der Waals surface area (Å²) in [6.07, 6.45) is -0.434. The first-order valence-corrected chi connectivity index (χ1v) is 9.16. The molecule has 2 atom stereocenters. The molecule has 156 valence electrons. The van der Waals surface area contributed by atoms with E-state index in [9.17, 15) is 24.5 Å². The Morgan fingerprint density at radius 2 is 1.93 bits per heavy atom.